The molecule has 0 spiro atoms. The zero-order valence-corrected chi connectivity index (χ0v) is 23.0. The van der Waals surface area contributed by atoms with Crippen LogP contribution in [-0.4, -0.2) is 58.6 Å². The molecule has 10 nitrogen and oxygen atoms in total. The lowest BCUT2D eigenvalue weighted by Gasteiger charge is -2.11. The van der Waals surface area contributed by atoms with Crippen molar-refractivity contribution in [1.29, 1.82) is 0 Å². The number of aromatic hydroxyl groups is 1. The summed E-state index contributed by atoms with van der Waals surface area (Å²) < 4.78 is 17.7. The van der Waals surface area contributed by atoms with Gasteiger partial charge in [-0.3, -0.25) is 9.36 Å². The van der Waals surface area contributed by atoms with E-state index >= 15 is 0 Å². The van der Waals surface area contributed by atoms with Gasteiger partial charge in [0.05, 0.1) is 32.8 Å². The van der Waals surface area contributed by atoms with Crippen molar-refractivity contribution in [3.05, 3.63) is 71.2 Å². The number of phenols is 1. The third kappa shape index (κ3) is 6.81. The standard InChI is InChI=1S/C27H26ClN5O5S/c1-4-38-21-11-9-20(10-12-21)33-26(18-5-7-19(28)8-6-18)31-32-27(33)39-16-24(34)30-29-15-17-13-22(36-2)25(35)23(14-17)37-3/h5-15,35H,4,16H2,1-3H3,(H,30,34). The molecule has 3 aromatic carbocycles. The lowest BCUT2D eigenvalue weighted by molar-refractivity contribution is -0.118. The molecule has 12 heteroatoms. The van der Waals surface area contributed by atoms with E-state index in [0.717, 1.165) is 17.0 Å². The maximum Gasteiger partial charge on any atom is 0.250 e. The minimum atomic E-state index is -0.344. The van der Waals surface area contributed by atoms with Crippen LogP contribution in [0.25, 0.3) is 17.1 Å². The lowest BCUT2D eigenvalue weighted by Crippen LogP contribution is -2.20. The van der Waals surface area contributed by atoms with Crippen molar-refractivity contribution in [1.82, 2.24) is 20.2 Å². The Morgan fingerprint density at radius 3 is 2.36 bits per heavy atom. The first-order valence-electron chi connectivity index (χ1n) is 11.8. The van der Waals surface area contributed by atoms with Crippen LogP contribution in [0.1, 0.15) is 12.5 Å². The molecule has 0 bridgehead atoms. The van der Waals surface area contributed by atoms with E-state index in [-0.39, 0.29) is 28.9 Å². The minimum Gasteiger partial charge on any atom is -0.502 e. The average molecular weight is 568 g/mol. The van der Waals surface area contributed by atoms with Crippen LogP contribution < -0.4 is 19.6 Å². The number of hydrazone groups is 1. The van der Waals surface area contributed by atoms with Crippen LogP contribution in [0.4, 0.5) is 0 Å². The number of thioether (sulfide) groups is 1. The predicted octanol–water partition coefficient (Wildman–Crippen LogP) is 4.95. The van der Waals surface area contributed by atoms with Gasteiger partial charge in [0.15, 0.2) is 22.5 Å². The largest absolute Gasteiger partial charge is 0.502 e. The Balaban J connectivity index is 1.50. The topological polar surface area (TPSA) is 120 Å². The zero-order chi connectivity index (χ0) is 27.8. The molecule has 0 fully saturated rings. The van der Waals surface area contributed by atoms with Crippen LogP contribution >= 0.6 is 23.4 Å². The molecule has 39 heavy (non-hydrogen) atoms. The molecule has 0 saturated carbocycles. The Kier molecular flexibility index (Phi) is 9.29. The number of hydrogen-bond donors (Lipinski definition) is 2. The van der Waals surface area contributed by atoms with E-state index in [1.165, 1.54) is 32.2 Å². The van der Waals surface area contributed by atoms with E-state index in [0.29, 0.717) is 28.2 Å². The molecule has 0 atom stereocenters. The third-order valence-corrected chi connectivity index (χ3v) is 6.56. The number of aromatic nitrogens is 3. The summed E-state index contributed by atoms with van der Waals surface area (Å²) in [6.45, 7) is 2.49. The SMILES string of the molecule is CCOc1ccc(-n2c(SCC(=O)NN=Cc3cc(OC)c(O)c(OC)c3)nnc2-c2ccc(Cl)cc2)cc1. The fourth-order valence-corrected chi connectivity index (χ4v) is 4.44. The van der Waals surface area contributed by atoms with Gasteiger partial charge in [0, 0.05) is 21.8 Å². The maximum atomic E-state index is 12.6. The second-order valence-corrected chi connectivity index (χ2v) is 9.31. The predicted molar refractivity (Wildman–Crippen MR) is 151 cm³/mol. The molecular formula is C27H26ClN5O5S. The Bertz CT molecular complexity index is 1430. The number of carbonyl (C=O) groups is 1. The fourth-order valence-electron chi connectivity index (χ4n) is 3.57. The van der Waals surface area contributed by atoms with Crippen molar-refractivity contribution < 1.29 is 24.1 Å². The number of methoxy groups -OCH3 is 2. The summed E-state index contributed by atoms with van der Waals surface area (Å²) in [5.41, 5.74) is 4.69. The molecule has 0 saturated heterocycles. The number of rotatable bonds is 11. The molecule has 4 rings (SSSR count). The highest BCUT2D eigenvalue weighted by atomic mass is 35.5. The van der Waals surface area contributed by atoms with Gasteiger partial charge in [-0.2, -0.15) is 5.10 Å². The highest BCUT2D eigenvalue weighted by molar-refractivity contribution is 7.99. The van der Waals surface area contributed by atoms with Crippen molar-refractivity contribution in [3.63, 3.8) is 0 Å². The smallest absolute Gasteiger partial charge is 0.250 e. The molecule has 1 amide bonds. The van der Waals surface area contributed by atoms with E-state index in [4.69, 9.17) is 25.8 Å². The Labute approximate surface area is 234 Å². The van der Waals surface area contributed by atoms with E-state index in [9.17, 15) is 9.90 Å². The van der Waals surface area contributed by atoms with Gasteiger partial charge < -0.3 is 19.3 Å². The van der Waals surface area contributed by atoms with Gasteiger partial charge in [-0.05, 0) is 67.6 Å². The molecule has 2 N–H and O–H groups in total. The zero-order valence-electron chi connectivity index (χ0n) is 21.4. The summed E-state index contributed by atoms with van der Waals surface area (Å²) in [5.74, 6) is 1.38. The Morgan fingerprint density at radius 1 is 1.08 bits per heavy atom. The number of carbonyl (C=O) groups excluding carboxylic acids is 1. The Morgan fingerprint density at radius 2 is 1.74 bits per heavy atom. The normalized spacial score (nSPS) is 11.0. The number of amides is 1. The number of benzene rings is 3. The molecule has 1 heterocycles. The Hall–Kier alpha value is -4.22. The number of phenolic OH excluding ortho intramolecular Hbond substituents is 1. The molecule has 202 valence electrons. The van der Waals surface area contributed by atoms with Gasteiger partial charge in [0.1, 0.15) is 5.75 Å². The molecular weight excluding hydrogens is 542 g/mol. The molecule has 0 aliphatic heterocycles. The van der Waals surface area contributed by atoms with Gasteiger partial charge in [-0.15, -0.1) is 10.2 Å². The summed E-state index contributed by atoms with van der Waals surface area (Å²) in [4.78, 5) is 12.6. The van der Waals surface area contributed by atoms with Gasteiger partial charge in [0.2, 0.25) is 5.75 Å². The van der Waals surface area contributed by atoms with Crippen LogP contribution in [0, 0.1) is 0 Å². The molecule has 0 unspecified atom stereocenters. The number of nitrogens with zero attached hydrogens (tertiary/aromatic N) is 4. The average Bonchev–Trinajstić information content (AvgIpc) is 3.37. The number of hydrogen-bond acceptors (Lipinski definition) is 9. The van der Waals surface area contributed by atoms with Gasteiger partial charge in [0.25, 0.3) is 5.91 Å². The third-order valence-electron chi connectivity index (χ3n) is 5.38. The van der Waals surface area contributed by atoms with Crippen LogP contribution in [-0.2, 0) is 4.79 Å². The molecule has 0 aliphatic rings. The van der Waals surface area contributed by atoms with Crippen LogP contribution in [0.3, 0.4) is 0 Å². The van der Waals surface area contributed by atoms with Crippen molar-refractivity contribution >= 4 is 35.5 Å². The van der Waals surface area contributed by atoms with E-state index < -0.39 is 0 Å². The van der Waals surface area contributed by atoms with Crippen molar-refractivity contribution in [2.75, 3.05) is 26.6 Å². The van der Waals surface area contributed by atoms with Crippen molar-refractivity contribution in [3.8, 4) is 40.1 Å². The highest BCUT2D eigenvalue weighted by Crippen LogP contribution is 2.36. The molecule has 1 aromatic heterocycles. The summed E-state index contributed by atoms with van der Waals surface area (Å²) in [5, 5.41) is 23.9. The van der Waals surface area contributed by atoms with Crippen LogP contribution in [0.2, 0.25) is 5.02 Å². The molecule has 0 aliphatic carbocycles. The first kappa shape index (κ1) is 27.8. The van der Waals surface area contributed by atoms with Crippen molar-refractivity contribution in [2.45, 2.75) is 12.1 Å². The summed E-state index contributed by atoms with van der Waals surface area (Å²) in [7, 11) is 2.86. The first-order valence-corrected chi connectivity index (χ1v) is 13.1. The minimum absolute atomic E-state index is 0.0370. The lowest BCUT2D eigenvalue weighted by atomic mass is 10.2. The number of nitrogens with one attached hydrogen (secondary N) is 1. The van der Waals surface area contributed by atoms with Crippen LogP contribution in [0.15, 0.2) is 70.9 Å². The fraction of sp³-hybridized carbons (Fsp3) is 0.185. The summed E-state index contributed by atoms with van der Waals surface area (Å²) >= 11 is 7.29. The van der Waals surface area contributed by atoms with Crippen LogP contribution in [0.5, 0.6) is 23.0 Å². The first-order chi connectivity index (χ1) is 18.9. The van der Waals surface area contributed by atoms with E-state index in [2.05, 4.69) is 20.7 Å². The number of ether oxygens (including phenoxy) is 3. The van der Waals surface area contributed by atoms with Gasteiger partial charge >= 0.3 is 0 Å². The second kappa shape index (κ2) is 13.0. The maximum absolute atomic E-state index is 12.6. The second-order valence-electron chi connectivity index (χ2n) is 7.93. The van der Waals surface area contributed by atoms with Crippen molar-refractivity contribution in [2.24, 2.45) is 5.10 Å². The quantitative estimate of drug-likeness (QED) is 0.148. The summed E-state index contributed by atoms with van der Waals surface area (Å²) in [6.07, 6.45) is 1.42. The van der Waals surface area contributed by atoms with Gasteiger partial charge in [-0.25, -0.2) is 5.43 Å². The summed E-state index contributed by atoms with van der Waals surface area (Å²) in [6, 6.07) is 18.0. The van der Waals surface area contributed by atoms with Gasteiger partial charge in [-0.1, -0.05) is 23.4 Å². The highest BCUT2D eigenvalue weighted by Gasteiger charge is 2.18. The molecule has 4 aromatic rings. The van der Waals surface area contributed by atoms with E-state index in [1.54, 1.807) is 24.3 Å². The monoisotopic (exact) mass is 567 g/mol. The molecule has 0 radical (unpaired) electrons. The van der Waals surface area contributed by atoms with E-state index in [1.807, 2.05) is 47.9 Å². The number of halogens is 1.